The molecule has 2 bridgehead atoms. The summed E-state index contributed by atoms with van der Waals surface area (Å²) in [6, 6.07) is 0. The average Bonchev–Trinajstić information content (AvgIpc) is 2.98. The third-order valence-electron chi connectivity index (χ3n) is 6.83. The van der Waals surface area contributed by atoms with Crippen LogP contribution in [0.15, 0.2) is 12.7 Å². The Kier molecular flexibility index (Phi) is 4.04. The molecule has 7 atom stereocenters. The van der Waals surface area contributed by atoms with Crippen molar-refractivity contribution in [3.05, 3.63) is 12.7 Å². The third-order valence-corrected chi connectivity index (χ3v) is 6.83. The zero-order valence-corrected chi connectivity index (χ0v) is 14.9. The van der Waals surface area contributed by atoms with Gasteiger partial charge < -0.3 is 0 Å². The van der Waals surface area contributed by atoms with Crippen LogP contribution in [0.1, 0.15) is 66.7 Å². The summed E-state index contributed by atoms with van der Waals surface area (Å²) in [6.45, 7) is 16.3. The first kappa shape index (κ1) is 15.6. The van der Waals surface area contributed by atoms with Gasteiger partial charge in [-0.2, -0.15) is 0 Å². The Morgan fingerprint density at radius 1 is 1.05 bits per heavy atom. The minimum atomic E-state index is 0.502. The molecule has 3 aliphatic carbocycles. The van der Waals surface area contributed by atoms with Crippen molar-refractivity contribution in [3.63, 3.8) is 0 Å². The summed E-state index contributed by atoms with van der Waals surface area (Å²) in [4.78, 5) is 0. The summed E-state index contributed by atoms with van der Waals surface area (Å²) < 4.78 is 0. The molecular weight excluding hydrogens is 252 g/mol. The highest BCUT2D eigenvalue weighted by molar-refractivity contribution is 5.11. The molecule has 120 valence electrons. The predicted octanol–water partition coefficient (Wildman–Crippen LogP) is 6.18. The number of allylic oxidation sites excluding steroid dienone is 1. The summed E-state index contributed by atoms with van der Waals surface area (Å²) in [5.74, 6) is 7.87. The van der Waals surface area contributed by atoms with E-state index in [0.29, 0.717) is 5.41 Å². The Bertz CT molecular complexity index is 385. The molecule has 21 heavy (non-hydrogen) atoms. The second kappa shape index (κ2) is 5.43. The first-order chi connectivity index (χ1) is 9.80. The van der Waals surface area contributed by atoms with Gasteiger partial charge in [-0.15, -0.1) is 6.58 Å². The first-order valence-corrected chi connectivity index (χ1v) is 9.42. The lowest BCUT2D eigenvalue weighted by atomic mass is 9.69. The van der Waals surface area contributed by atoms with E-state index < -0.39 is 0 Å². The van der Waals surface area contributed by atoms with Gasteiger partial charge in [-0.25, -0.2) is 0 Å². The zero-order chi connectivity index (χ0) is 15.4. The fourth-order valence-corrected chi connectivity index (χ4v) is 6.70. The van der Waals surface area contributed by atoms with Crippen LogP contribution in [0, 0.1) is 52.8 Å². The smallest absolute Gasteiger partial charge is 0.0202 e. The molecular formula is C21H36. The van der Waals surface area contributed by atoms with E-state index in [1.54, 1.807) is 0 Å². The van der Waals surface area contributed by atoms with Crippen molar-refractivity contribution in [2.24, 2.45) is 52.8 Å². The molecule has 0 heteroatoms. The van der Waals surface area contributed by atoms with Crippen molar-refractivity contribution in [1.82, 2.24) is 0 Å². The van der Waals surface area contributed by atoms with Gasteiger partial charge in [0, 0.05) is 0 Å². The monoisotopic (exact) mass is 288 g/mol. The molecule has 0 heterocycles. The first-order valence-electron chi connectivity index (χ1n) is 9.42. The molecule has 3 fully saturated rings. The third kappa shape index (κ3) is 2.84. The average molecular weight is 289 g/mol. The van der Waals surface area contributed by atoms with Crippen LogP contribution in [0.4, 0.5) is 0 Å². The van der Waals surface area contributed by atoms with Gasteiger partial charge in [0.05, 0.1) is 0 Å². The van der Waals surface area contributed by atoms with Crippen molar-refractivity contribution in [2.75, 3.05) is 0 Å². The highest BCUT2D eigenvalue weighted by Gasteiger charge is 2.59. The number of fused-ring (bicyclic) bond motifs is 5. The molecule has 0 aromatic heterocycles. The fraction of sp³-hybridized carbons (Fsp3) is 0.905. The summed E-state index contributed by atoms with van der Waals surface area (Å²) in [5, 5.41) is 0. The van der Waals surface area contributed by atoms with E-state index in [2.05, 4.69) is 47.3 Å². The number of hydrogen-bond donors (Lipinski definition) is 0. The van der Waals surface area contributed by atoms with Crippen molar-refractivity contribution >= 4 is 0 Å². The van der Waals surface area contributed by atoms with E-state index in [1.165, 1.54) is 32.1 Å². The molecule has 0 saturated heterocycles. The maximum Gasteiger partial charge on any atom is -0.0202 e. The van der Waals surface area contributed by atoms with Crippen molar-refractivity contribution in [1.29, 1.82) is 0 Å². The minimum absolute atomic E-state index is 0.502. The summed E-state index contributed by atoms with van der Waals surface area (Å²) in [6.07, 6.45) is 9.73. The second-order valence-electron chi connectivity index (χ2n) is 10.1. The topological polar surface area (TPSA) is 0 Å². The molecule has 0 nitrogen and oxygen atoms in total. The van der Waals surface area contributed by atoms with E-state index in [-0.39, 0.29) is 0 Å². The molecule has 0 N–H and O–H groups in total. The van der Waals surface area contributed by atoms with Crippen molar-refractivity contribution in [3.8, 4) is 0 Å². The number of hydrogen-bond acceptors (Lipinski definition) is 0. The van der Waals surface area contributed by atoms with Gasteiger partial charge in [0.25, 0.3) is 0 Å². The molecule has 0 amide bonds. The van der Waals surface area contributed by atoms with Crippen LogP contribution >= 0.6 is 0 Å². The van der Waals surface area contributed by atoms with Crippen LogP contribution in [-0.2, 0) is 0 Å². The lowest BCUT2D eigenvalue weighted by molar-refractivity contribution is 0.133. The standard InChI is InChI=1S/C21H36/c1-7-14-9-16-11-18(14)20-15(8-13(2)3)10-17(19(16)20)12-21(4,5)6/h7,13-20H,1,8-12H2,2-6H3. The summed E-state index contributed by atoms with van der Waals surface area (Å²) in [7, 11) is 0. The van der Waals surface area contributed by atoms with Crippen LogP contribution in [0.3, 0.4) is 0 Å². The van der Waals surface area contributed by atoms with E-state index in [9.17, 15) is 0 Å². The van der Waals surface area contributed by atoms with E-state index >= 15 is 0 Å². The SMILES string of the molecule is C=CC1CC2CC1C1C(CC(C)C)CC(CC(C)(C)C)C21. The van der Waals surface area contributed by atoms with Crippen LogP contribution in [-0.4, -0.2) is 0 Å². The summed E-state index contributed by atoms with van der Waals surface area (Å²) in [5.41, 5.74) is 0.502. The predicted molar refractivity (Wildman–Crippen MR) is 92.0 cm³/mol. The van der Waals surface area contributed by atoms with Gasteiger partial charge in [0.15, 0.2) is 0 Å². The van der Waals surface area contributed by atoms with Crippen molar-refractivity contribution in [2.45, 2.75) is 66.7 Å². The number of rotatable bonds is 4. The Morgan fingerprint density at radius 3 is 2.33 bits per heavy atom. The highest BCUT2D eigenvalue weighted by Crippen LogP contribution is 2.66. The van der Waals surface area contributed by atoms with Gasteiger partial charge in [0.1, 0.15) is 0 Å². The Morgan fingerprint density at radius 2 is 1.76 bits per heavy atom. The Balaban J connectivity index is 1.81. The molecule has 0 aromatic rings. The summed E-state index contributed by atoms with van der Waals surface area (Å²) >= 11 is 0. The molecule has 0 radical (unpaired) electrons. The molecule has 0 aliphatic heterocycles. The maximum absolute atomic E-state index is 4.14. The van der Waals surface area contributed by atoms with Gasteiger partial charge in [0.2, 0.25) is 0 Å². The van der Waals surface area contributed by atoms with Crippen molar-refractivity contribution < 1.29 is 0 Å². The minimum Gasteiger partial charge on any atom is -0.103 e. The fourth-order valence-electron chi connectivity index (χ4n) is 6.70. The van der Waals surface area contributed by atoms with Crippen LogP contribution < -0.4 is 0 Å². The largest absolute Gasteiger partial charge is 0.103 e. The quantitative estimate of drug-likeness (QED) is 0.542. The Labute approximate surface area is 132 Å². The molecule has 0 aromatic carbocycles. The van der Waals surface area contributed by atoms with Gasteiger partial charge in [-0.3, -0.25) is 0 Å². The Hall–Kier alpha value is -0.260. The van der Waals surface area contributed by atoms with E-state index in [4.69, 9.17) is 0 Å². The molecule has 7 unspecified atom stereocenters. The van der Waals surface area contributed by atoms with E-state index in [0.717, 1.165) is 47.3 Å². The second-order valence-corrected chi connectivity index (χ2v) is 10.1. The molecule has 3 aliphatic rings. The van der Waals surface area contributed by atoms with E-state index in [1.807, 2.05) is 0 Å². The van der Waals surface area contributed by atoms with Crippen LogP contribution in [0.2, 0.25) is 0 Å². The highest BCUT2D eigenvalue weighted by atomic mass is 14.6. The normalized spacial score (nSPS) is 45.3. The van der Waals surface area contributed by atoms with Gasteiger partial charge >= 0.3 is 0 Å². The van der Waals surface area contributed by atoms with Gasteiger partial charge in [-0.1, -0.05) is 40.7 Å². The molecule has 0 spiro atoms. The molecule has 3 saturated carbocycles. The molecule has 3 rings (SSSR count). The zero-order valence-electron chi connectivity index (χ0n) is 14.9. The lowest BCUT2D eigenvalue weighted by Gasteiger charge is -2.36. The maximum atomic E-state index is 4.14. The van der Waals surface area contributed by atoms with Gasteiger partial charge in [-0.05, 0) is 84.9 Å². The van der Waals surface area contributed by atoms with Crippen LogP contribution in [0.25, 0.3) is 0 Å². The lowest BCUT2D eigenvalue weighted by Crippen LogP contribution is -2.30. The van der Waals surface area contributed by atoms with Crippen LogP contribution in [0.5, 0.6) is 0 Å².